The molecule has 7 rings (SSSR count). The molecular weight excluding hydrogens is 632 g/mol. The molecule has 1 aromatic heterocycles. The molecule has 244 valence electrons. The zero-order valence-corrected chi connectivity index (χ0v) is 27.6. The molecule has 0 radical (unpaired) electrons. The Labute approximate surface area is 279 Å². The summed E-state index contributed by atoms with van der Waals surface area (Å²) in [7, 11) is 3.14. The Kier molecular flexibility index (Phi) is 8.36. The maximum absolute atomic E-state index is 14.3. The lowest BCUT2D eigenvalue weighted by molar-refractivity contribution is -0.139. The van der Waals surface area contributed by atoms with Crippen LogP contribution in [0.1, 0.15) is 36.6 Å². The Morgan fingerprint density at radius 3 is 2.58 bits per heavy atom. The number of thiazole rings is 1. The Morgan fingerprint density at radius 1 is 0.979 bits per heavy atom. The second kappa shape index (κ2) is 12.9. The Balaban J connectivity index is 1.30. The van der Waals surface area contributed by atoms with Crippen LogP contribution in [0.5, 0.6) is 28.7 Å². The normalized spacial score (nSPS) is 15.2. The number of benzene rings is 4. The molecule has 0 spiro atoms. The molecule has 0 bridgehead atoms. The number of carbonyl (C=O) groups is 1. The van der Waals surface area contributed by atoms with Gasteiger partial charge in [0.1, 0.15) is 18.4 Å². The molecule has 0 N–H and O–H groups in total. The van der Waals surface area contributed by atoms with Gasteiger partial charge < -0.3 is 28.4 Å². The molecule has 0 amide bonds. The van der Waals surface area contributed by atoms with Gasteiger partial charge in [-0.2, -0.15) is 0 Å². The summed E-state index contributed by atoms with van der Waals surface area (Å²) < 4.78 is 35.9. The van der Waals surface area contributed by atoms with Crippen molar-refractivity contribution in [3.05, 3.63) is 120 Å². The highest BCUT2D eigenvalue weighted by Crippen LogP contribution is 2.40. The summed E-state index contributed by atoms with van der Waals surface area (Å²) >= 11 is 1.25. The van der Waals surface area contributed by atoms with E-state index in [-0.39, 0.29) is 24.5 Å². The fourth-order valence-electron chi connectivity index (χ4n) is 6.04. The highest BCUT2D eigenvalue weighted by atomic mass is 32.1. The first-order valence-electron chi connectivity index (χ1n) is 15.3. The molecule has 0 fully saturated rings. The highest BCUT2D eigenvalue weighted by Gasteiger charge is 2.36. The SMILES string of the molecule is CCOC(=O)C1=C(C)N=c2s/c(=C\c3ccc(OCc4ccc5c(c4)OCO5)c(OC)c3)c(=O)n2[C@H]1c1c(OC)ccc2ccccc12. The zero-order valence-electron chi connectivity index (χ0n) is 26.8. The number of ether oxygens (including phenoxy) is 6. The van der Waals surface area contributed by atoms with Gasteiger partial charge >= 0.3 is 5.97 Å². The summed E-state index contributed by atoms with van der Waals surface area (Å²) in [6, 6.07) is 21.9. The van der Waals surface area contributed by atoms with Crippen molar-refractivity contribution < 1.29 is 33.2 Å². The molecule has 2 aliphatic rings. The molecule has 48 heavy (non-hydrogen) atoms. The number of aromatic nitrogens is 1. The van der Waals surface area contributed by atoms with Crippen molar-refractivity contribution in [1.82, 2.24) is 4.57 Å². The quantitative estimate of drug-likeness (QED) is 0.196. The van der Waals surface area contributed by atoms with E-state index < -0.39 is 12.0 Å². The maximum atomic E-state index is 14.3. The van der Waals surface area contributed by atoms with E-state index in [0.29, 0.717) is 55.9 Å². The third-order valence-corrected chi connectivity index (χ3v) is 9.24. The third kappa shape index (κ3) is 5.56. The smallest absolute Gasteiger partial charge is 0.338 e. The Hall–Kier alpha value is -5.55. The first-order chi connectivity index (χ1) is 23.4. The minimum atomic E-state index is -0.829. The van der Waals surface area contributed by atoms with Gasteiger partial charge in [-0.15, -0.1) is 0 Å². The van der Waals surface area contributed by atoms with E-state index in [0.717, 1.165) is 21.9 Å². The maximum Gasteiger partial charge on any atom is 0.338 e. The minimum absolute atomic E-state index is 0.178. The van der Waals surface area contributed by atoms with Crippen LogP contribution in [0, 0.1) is 0 Å². The number of hydrogen-bond donors (Lipinski definition) is 0. The molecular formula is C37H32N2O8S. The molecule has 3 heterocycles. The standard InChI is InChI=1S/C37H32N2O8S/c1-5-44-36(41)32-21(2)38-37-39(34(32)33-25-9-7-6-8-24(25)12-15-28(33)42-3)35(40)31(48-37)18-22-10-13-26(29(16-22)43-4)45-19-23-11-14-27-30(17-23)47-20-46-27/h6-18,34H,5,19-20H2,1-4H3/b31-18-/t34-/m1/s1. The number of nitrogens with zero attached hydrogens (tertiary/aromatic N) is 2. The average Bonchev–Trinajstić information content (AvgIpc) is 3.69. The second-order valence-electron chi connectivity index (χ2n) is 11.1. The van der Waals surface area contributed by atoms with E-state index in [2.05, 4.69) is 0 Å². The van der Waals surface area contributed by atoms with Crippen LogP contribution in [-0.4, -0.2) is 38.2 Å². The molecule has 2 aliphatic heterocycles. The van der Waals surface area contributed by atoms with Crippen molar-refractivity contribution in [2.75, 3.05) is 27.6 Å². The van der Waals surface area contributed by atoms with E-state index in [4.69, 9.17) is 33.4 Å². The van der Waals surface area contributed by atoms with Crippen LogP contribution in [0.2, 0.25) is 0 Å². The van der Waals surface area contributed by atoms with Crippen LogP contribution in [-0.2, 0) is 16.1 Å². The minimum Gasteiger partial charge on any atom is -0.496 e. The summed E-state index contributed by atoms with van der Waals surface area (Å²) in [6.07, 6.45) is 1.79. The van der Waals surface area contributed by atoms with Crippen LogP contribution in [0.25, 0.3) is 16.8 Å². The summed E-state index contributed by atoms with van der Waals surface area (Å²) in [5.41, 5.74) is 2.80. The Bertz CT molecular complexity index is 2290. The first kappa shape index (κ1) is 31.1. The first-order valence-corrected chi connectivity index (χ1v) is 16.2. The summed E-state index contributed by atoms with van der Waals surface area (Å²) in [5, 5.41) is 1.80. The number of carbonyl (C=O) groups excluding carboxylic acids is 1. The highest BCUT2D eigenvalue weighted by molar-refractivity contribution is 7.07. The summed E-state index contributed by atoms with van der Waals surface area (Å²) in [5.74, 6) is 2.47. The van der Waals surface area contributed by atoms with E-state index in [1.165, 1.54) is 11.3 Å². The van der Waals surface area contributed by atoms with Gasteiger partial charge in [0, 0.05) is 5.56 Å². The van der Waals surface area contributed by atoms with E-state index >= 15 is 0 Å². The number of esters is 1. The molecule has 0 saturated heterocycles. The van der Waals surface area contributed by atoms with Gasteiger partial charge in [0.05, 0.1) is 36.6 Å². The van der Waals surface area contributed by atoms with Crippen LogP contribution >= 0.6 is 11.3 Å². The fraction of sp³-hybridized carbons (Fsp3) is 0.216. The lowest BCUT2D eigenvalue weighted by Gasteiger charge is -2.27. The van der Waals surface area contributed by atoms with E-state index in [9.17, 15) is 9.59 Å². The van der Waals surface area contributed by atoms with Gasteiger partial charge in [0.25, 0.3) is 5.56 Å². The lowest BCUT2D eigenvalue weighted by Crippen LogP contribution is -2.40. The third-order valence-electron chi connectivity index (χ3n) is 8.26. The zero-order chi connectivity index (χ0) is 33.4. The molecule has 4 aromatic carbocycles. The molecule has 0 unspecified atom stereocenters. The van der Waals surface area contributed by atoms with Gasteiger partial charge in [-0.1, -0.05) is 53.8 Å². The fourth-order valence-corrected chi connectivity index (χ4v) is 7.08. The van der Waals surface area contributed by atoms with Crippen LogP contribution in [0.3, 0.4) is 0 Å². The Morgan fingerprint density at radius 2 is 1.77 bits per heavy atom. The predicted octanol–water partition coefficient (Wildman–Crippen LogP) is 5.28. The number of hydrogen-bond acceptors (Lipinski definition) is 10. The van der Waals surface area contributed by atoms with Gasteiger partial charge in [-0.25, -0.2) is 9.79 Å². The van der Waals surface area contributed by atoms with Gasteiger partial charge in [-0.05, 0) is 72.2 Å². The number of fused-ring (bicyclic) bond motifs is 3. The van der Waals surface area contributed by atoms with E-state index in [1.54, 1.807) is 38.7 Å². The van der Waals surface area contributed by atoms with Crippen LogP contribution in [0.4, 0.5) is 0 Å². The summed E-state index contributed by atoms with van der Waals surface area (Å²) in [6.45, 7) is 4.19. The van der Waals surface area contributed by atoms with Crippen molar-refractivity contribution in [1.29, 1.82) is 0 Å². The van der Waals surface area contributed by atoms with Crippen molar-refractivity contribution in [3.63, 3.8) is 0 Å². The van der Waals surface area contributed by atoms with Crippen molar-refractivity contribution >= 4 is 34.2 Å². The second-order valence-corrected chi connectivity index (χ2v) is 12.1. The average molecular weight is 665 g/mol. The molecule has 0 aliphatic carbocycles. The largest absolute Gasteiger partial charge is 0.496 e. The molecule has 5 aromatic rings. The topological polar surface area (TPSA) is 107 Å². The lowest BCUT2D eigenvalue weighted by atomic mass is 9.90. The monoisotopic (exact) mass is 664 g/mol. The van der Waals surface area contributed by atoms with Crippen LogP contribution < -0.4 is 38.6 Å². The van der Waals surface area contributed by atoms with E-state index in [1.807, 2.05) is 72.8 Å². The predicted molar refractivity (Wildman–Crippen MR) is 181 cm³/mol. The van der Waals surface area contributed by atoms with Crippen molar-refractivity contribution in [2.24, 2.45) is 4.99 Å². The number of methoxy groups -OCH3 is 2. The number of allylic oxidation sites excluding steroid dienone is 1. The molecule has 0 saturated carbocycles. The van der Waals surface area contributed by atoms with Gasteiger partial charge in [0.15, 0.2) is 27.8 Å². The molecule has 1 atom stereocenters. The van der Waals surface area contributed by atoms with Gasteiger partial charge in [-0.3, -0.25) is 9.36 Å². The van der Waals surface area contributed by atoms with Crippen molar-refractivity contribution in [3.8, 4) is 28.7 Å². The summed E-state index contributed by atoms with van der Waals surface area (Å²) in [4.78, 5) is 33.0. The molecule has 11 heteroatoms. The molecule has 10 nitrogen and oxygen atoms in total. The number of rotatable bonds is 9. The van der Waals surface area contributed by atoms with Gasteiger partial charge in [0.2, 0.25) is 6.79 Å². The van der Waals surface area contributed by atoms with Crippen LogP contribution in [0.15, 0.2) is 93.9 Å². The van der Waals surface area contributed by atoms with Crippen molar-refractivity contribution in [2.45, 2.75) is 26.5 Å².